The smallest absolute Gasteiger partial charge is 0.225 e. The van der Waals surface area contributed by atoms with Gasteiger partial charge in [-0.05, 0) is 12.8 Å². The second-order valence-corrected chi connectivity index (χ2v) is 6.09. The average Bonchev–Trinajstić information content (AvgIpc) is 3.00. The van der Waals surface area contributed by atoms with Crippen molar-refractivity contribution in [2.75, 3.05) is 36.8 Å². The Hall–Kier alpha value is -1.56. The quantitative estimate of drug-likeness (QED) is 0.839. The molecule has 7 heteroatoms. The molecule has 2 heterocycles. The van der Waals surface area contributed by atoms with Gasteiger partial charge in [0.1, 0.15) is 11.0 Å². The van der Waals surface area contributed by atoms with Crippen molar-refractivity contribution in [3.05, 3.63) is 11.2 Å². The van der Waals surface area contributed by atoms with E-state index in [1.54, 1.807) is 6.07 Å². The number of halogens is 1. The highest BCUT2D eigenvalue weighted by atomic mass is 35.5. The molecule has 1 aromatic rings. The van der Waals surface area contributed by atoms with E-state index < -0.39 is 0 Å². The molecular weight excluding hydrogens is 290 g/mol. The van der Waals surface area contributed by atoms with Gasteiger partial charge in [-0.15, -0.1) is 0 Å². The zero-order valence-electron chi connectivity index (χ0n) is 12.0. The van der Waals surface area contributed by atoms with Crippen LogP contribution in [0, 0.1) is 5.92 Å². The van der Waals surface area contributed by atoms with Gasteiger partial charge >= 0.3 is 0 Å². The van der Waals surface area contributed by atoms with Gasteiger partial charge in [0.2, 0.25) is 11.9 Å². The summed E-state index contributed by atoms with van der Waals surface area (Å²) in [4.78, 5) is 24.6. The van der Waals surface area contributed by atoms with Gasteiger partial charge in [-0.1, -0.05) is 24.4 Å². The van der Waals surface area contributed by atoms with Crippen LogP contribution in [0.5, 0.6) is 0 Å². The van der Waals surface area contributed by atoms with E-state index >= 15 is 0 Å². The second-order valence-electron chi connectivity index (χ2n) is 5.70. The standard InChI is InChI=1S/C14H20ClN5O/c15-11-9-12(18-14(16)17-11)19-5-7-20(8-6-19)13(21)10-3-1-2-4-10/h9-10H,1-8H2,(H2,16,17,18). The van der Waals surface area contributed by atoms with Crippen molar-refractivity contribution in [1.29, 1.82) is 0 Å². The molecule has 1 amide bonds. The van der Waals surface area contributed by atoms with Gasteiger partial charge in [-0.25, -0.2) is 4.98 Å². The normalized spacial score (nSPS) is 20.0. The third kappa shape index (κ3) is 3.20. The van der Waals surface area contributed by atoms with Crippen molar-refractivity contribution in [3.8, 4) is 0 Å². The number of carbonyl (C=O) groups excluding carboxylic acids is 1. The van der Waals surface area contributed by atoms with E-state index in [2.05, 4.69) is 14.9 Å². The first-order valence-electron chi connectivity index (χ1n) is 7.47. The van der Waals surface area contributed by atoms with Crippen molar-refractivity contribution in [2.24, 2.45) is 5.92 Å². The van der Waals surface area contributed by atoms with Gasteiger partial charge in [0.25, 0.3) is 0 Å². The van der Waals surface area contributed by atoms with Crippen LogP contribution in [0.25, 0.3) is 0 Å². The molecule has 1 aliphatic carbocycles. The Morgan fingerprint density at radius 1 is 1.19 bits per heavy atom. The molecule has 6 nitrogen and oxygen atoms in total. The van der Waals surface area contributed by atoms with Crippen molar-refractivity contribution < 1.29 is 4.79 Å². The van der Waals surface area contributed by atoms with E-state index in [0.29, 0.717) is 11.1 Å². The number of anilines is 2. The molecule has 1 aromatic heterocycles. The van der Waals surface area contributed by atoms with Gasteiger partial charge in [-0.2, -0.15) is 4.98 Å². The van der Waals surface area contributed by atoms with Crippen molar-refractivity contribution >= 4 is 29.3 Å². The Kier molecular flexibility index (Phi) is 4.14. The number of amides is 1. The summed E-state index contributed by atoms with van der Waals surface area (Å²) in [5.41, 5.74) is 5.63. The highest BCUT2D eigenvalue weighted by Crippen LogP contribution is 2.27. The summed E-state index contributed by atoms with van der Waals surface area (Å²) in [5.74, 6) is 1.50. The highest BCUT2D eigenvalue weighted by Gasteiger charge is 2.29. The maximum absolute atomic E-state index is 12.4. The summed E-state index contributed by atoms with van der Waals surface area (Å²) >= 11 is 5.91. The van der Waals surface area contributed by atoms with E-state index in [1.165, 1.54) is 12.8 Å². The molecule has 3 rings (SSSR count). The zero-order valence-corrected chi connectivity index (χ0v) is 12.7. The van der Waals surface area contributed by atoms with Gasteiger partial charge in [-0.3, -0.25) is 4.79 Å². The third-order valence-electron chi connectivity index (χ3n) is 4.32. The third-order valence-corrected chi connectivity index (χ3v) is 4.51. The lowest BCUT2D eigenvalue weighted by atomic mass is 10.1. The summed E-state index contributed by atoms with van der Waals surface area (Å²) in [6.45, 7) is 2.98. The summed E-state index contributed by atoms with van der Waals surface area (Å²) in [6.07, 6.45) is 4.48. The minimum Gasteiger partial charge on any atom is -0.368 e. The van der Waals surface area contributed by atoms with Gasteiger partial charge in [0, 0.05) is 38.2 Å². The predicted octanol–water partition coefficient (Wildman–Crippen LogP) is 1.55. The molecule has 1 aliphatic heterocycles. The van der Waals surface area contributed by atoms with Crippen LogP contribution in [0.3, 0.4) is 0 Å². The molecule has 2 N–H and O–H groups in total. The monoisotopic (exact) mass is 309 g/mol. The number of nitrogens with zero attached hydrogens (tertiary/aromatic N) is 4. The van der Waals surface area contributed by atoms with Crippen LogP contribution >= 0.6 is 11.6 Å². The van der Waals surface area contributed by atoms with Crippen LogP contribution in [0.2, 0.25) is 5.15 Å². The van der Waals surface area contributed by atoms with Gasteiger partial charge < -0.3 is 15.5 Å². The Balaban J connectivity index is 1.60. The number of aromatic nitrogens is 2. The minimum atomic E-state index is 0.182. The highest BCUT2D eigenvalue weighted by molar-refractivity contribution is 6.29. The molecule has 0 bridgehead atoms. The number of nitrogen functional groups attached to an aromatic ring is 1. The summed E-state index contributed by atoms with van der Waals surface area (Å²) in [6, 6.07) is 1.71. The van der Waals surface area contributed by atoms with Gasteiger partial charge in [0.05, 0.1) is 0 Å². The molecule has 0 aromatic carbocycles. The number of carbonyl (C=O) groups is 1. The fourth-order valence-corrected chi connectivity index (χ4v) is 3.36. The molecule has 1 saturated heterocycles. The first-order chi connectivity index (χ1) is 10.1. The minimum absolute atomic E-state index is 0.182. The van der Waals surface area contributed by atoms with Crippen molar-refractivity contribution in [3.63, 3.8) is 0 Å². The Morgan fingerprint density at radius 3 is 2.48 bits per heavy atom. The van der Waals surface area contributed by atoms with E-state index in [0.717, 1.165) is 44.8 Å². The molecule has 0 spiro atoms. The second kappa shape index (κ2) is 6.05. The van der Waals surface area contributed by atoms with Crippen LogP contribution in [-0.4, -0.2) is 47.0 Å². The molecule has 2 fully saturated rings. The largest absolute Gasteiger partial charge is 0.368 e. The summed E-state index contributed by atoms with van der Waals surface area (Å²) < 4.78 is 0. The van der Waals surface area contributed by atoms with Crippen LogP contribution in [-0.2, 0) is 4.79 Å². The van der Waals surface area contributed by atoms with E-state index in [1.807, 2.05) is 4.90 Å². The molecule has 2 aliphatic rings. The van der Waals surface area contributed by atoms with Crippen LogP contribution < -0.4 is 10.6 Å². The Labute approximate surface area is 129 Å². The fraction of sp³-hybridized carbons (Fsp3) is 0.643. The maximum Gasteiger partial charge on any atom is 0.225 e. The predicted molar refractivity (Wildman–Crippen MR) is 82.2 cm³/mol. The van der Waals surface area contributed by atoms with E-state index in [-0.39, 0.29) is 11.9 Å². The molecular formula is C14H20ClN5O. The SMILES string of the molecule is Nc1nc(Cl)cc(N2CCN(C(=O)C3CCCC3)CC2)n1. The van der Waals surface area contributed by atoms with Crippen LogP contribution in [0.15, 0.2) is 6.07 Å². The van der Waals surface area contributed by atoms with Crippen molar-refractivity contribution in [1.82, 2.24) is 14.9 Å². The summed E-state index contributed by atoms with van der Waals surface area (Å²) in [5, 5.41) is 0.349. The fourth-order valence-electron chi connectivity index (χ4n) is 3.17. The number of hydrogen-bond donors (Lipinski definition) is 1. The lowest BCUT2D eigenvalue weighted by Gasteiger charge is -2.36. The molecule has 0 atom stereocenters. The summed E-state index contributed by atoms with van der Waals surface area (Å²) in [7, 11) is 0. The van der Waals surface area contributed by atoms with Gasteiger partial charge in [0.15, 0.2) is 0 Å². The Bertz CT molecular complexity index is 504. The van der Waals surface area contributed by atoms with E-state index in [4.69, 9.17) is 17.3 Å². The molecule has 1 saturated carbocycles. The number of rotatable bonds is 2. The van der Waals surface area contributed by atoms with Crippen molar-refractivity contribution in [2.45, 2.75) is 25.7 Å². The van der Waals surface area contributed by atoms with Crippen LogP contribution in [0.4, 0.5) is 11.8 Å². The van der Waals surface area contributed by atoms with Crippen LogP contribution in [0.1, 0.15) is 25.7 Å². The lowest BCUT2D eigenvalue weighted by molar-refractivity contribution is -0.135. The lowest BCUT2D eigenvalue weighted by Crippen LogP contribution is -2.50. The first kappa shape index (κ1) is 14.4. The van der Waals surface area contributed by atoms with E-state index in [9.17, 15) is 4.79 Å². The topological polar surface area (TPSA) is 75.3 Å². The maximum atomic E-state index is 12.4. The zero-order chi connectivity index (χ0) is 14.8. The average molecular weight is 310 g/mol. The molecule has 21 heavy (non-hydrogen) atoms. The number of hydrogen-bond acceptors (Lipinski definition) is 5. The molecule has 0 radical (unpaired) electrons. The molecule has 114 valence electrons. The Morgan fingerprint density at radius 2 is 1.86 bits per heavy atom. The number of nitrogens with two attached hydrogens (primary N) is 1. The molecule has 0 unspecified atom stereocenters. The first-order valence-corrected chi connectivity index (χ1v) is 7.85. The number of piperazine rings is 1.